The minimum Gasteiger partial charge on any atom is -0.490 e. The van der Waals surface area contributed by atoms with Crippen molar-refractivity contribution >= 4 is 41.7 Å². The molecule has 0 atom stereocenters. The van der Waals surface area contributed by atoms with Crippen molar-refractivity contribution in [1.29, 1.82) is 0 Å². The number of amides is 1. The predicted octanol–water partition coefficient (Wildman–Crippen LogP) is 4.19. The van der Waals surface area contributed by atoms with Gasteiger partial charge in [-0.05, 0) is 55.7 Å². The van der Waals surface area contributed by atoms with E-state index < -0.39 is 6.09 Å². The second kappa shape index (κ2) is 15.2. The molecule has 0 aromatic heterocycles. The highest BCUT2D eigenvalue weighted by atomic mass is 127. The molecular weight excluding hydrogens is 523 g/mol. The average molecular weight is 556 g/mol. The van der Waals surface area contributed by atoms with E-state index in [1.165, 1.54) is 7.11 Å². The van der Waals surface area contributed by atoms with Gasteiger partial charge in [0.25, 0.3) is 0 Å². The molecule has 32 heavy (non-hydrogen) atoms. The van der Waals surface area contributed by atoms with Gasteiger partial charge < -0.3 is 24.8 Å². The number of guanidine groups is 1. The minimum atomic E-state index is -0.489. The first-order chi connectivity index (χ1) is 15.1. The van der Waals surface area contributed by atoms with E-state index in [9.17, 15) is 4.79 Å². The average Bonchev–Trinajstić information content (AvgIpc) is 2.79. The van der Waals surface area contributed by atoms with Crippen LogP contribution in [0, 0.1) is 0 Å². The van der Waals surface area contributed by atoms with Crippen LogP contribution in [0.1, 0.15) is 25.0 Å². The van der Waals surface area contributed by atoms with Crippen molar-refractivity contribution in [3.8, 4) is 11.5 Å². The quantitative estimate of drug-likeness (QED) is 0.231. The third-order valence-corrected chi connectivity index (χ3v) is 4.38. The number of benzene rings is 2. The number of hydrogen-bond acceptors (Lipinski definition) is 5. The molecule has 0 unspecified atom stereocenters. The summed E-state index contributed by atoms with van der Waals surface area (Å²) in [6.45, 7) is 6.45. The van der Waals surface area contributed by atoms with Crippen LogP contribution in [0.3, 0.4) is 0 Å². The molecule has 0 bridgehead atoms. The van der Waals surface area contributed by atoms with Crippen molar-refractivity contribution in [2.45, 2.75) is 26.8 Å². The Labute approximate surface area is 207 Å². The third kappa shape index (κ3) is 9.21. The van der Waals surface area contributed by atoms with Gasteiger partial charge in [0.15, 0.2) is 17.5 Å². The van der Waals surface area contributed by atoms with E-state index in [0.717, 1.165) is 35.6 Å². The summed E-state index contributed by atoms with van der Waals surface area (Å²) in [5.41, 5.74) is 2.90. The van der Waals surface area contributed by atoms with Gasteiger partial charge >= 0.3 is 6.09 Å². The van der Waals surface area contributed by atoms with Crippen LogP contribution in [-0.4, -0.2) is 46.0 Å². The molecule has 0 saturated carbocycles. The standard InChI is InChI=1S/C23H32N4O4.HI/c1-5-30-20-12-9-17(15-21(20)31-6-2)13-14-25-22(24-3)26-16-18-7-10-19(11-8-18)27-23(28)29-4;/h7-12,15H,5-6,13-14,16H2,1-4H3,(H,27,28)(H2,24,25,26);1H. The highest BCUT2D eigenvalue weighted by Gasteiger charge is 2.07. The Bertz CT molecular complexity index is 860. The van der Waals surface area contributed by atoms with E-state index in [2.05, 4.69) is 31.7 Å². The minimum absolute atomic E-state index is 0. The maximum atomic E-state index is 11.2. The van der Waals surface area contributed by atoms with Crippen molar-refractivity contribution < 1.29 is 19.0 Å². The monoisotopic (exact) mass is 556 g/mol. The Kier molecular flexibility index (Phi) is 13.0. The third-order valence-electron chi connectivity index (χ3n) is 4.38. The summed E-state index contributed by atoms with van der Waals surface area (Å²) >= 11 is 0. The number of nitrogens with one attached hydrogen (secondary N) is 3. The number of hydrogen-bond donors (Lipinski definition) is 3. The van der Waals surface area contributed by atoms with Crippen LogP contribution in [0.2, 0.25) is 0 Å². The van der Waals surface area contributed by atoms with E-state index in [-0.39, 0.29) is 24.0 Å². The summed E-state index contributed by atoms with van der Waals surface area (Å²) in [6, 6.07) is 13.5. The summed E-state index contributed by atoms with van der Waals surface area (Å²) < 4.78 is 15.9. The maximum Gasteiger partial charge on any atom is 0.411 e. The lowest BCUT2D eigenvalue weighted by atomic mass is 10.1. The zero-order valence-electron chi connectivity index (χ0n) is 19.1. The number of nitrogens with zero attached hydrogens (tertiary/aromatic N) is 1. The first kappa shape index (κ1) is 27.3. The highest BCUT2D eigenvalue weighted by Crippen LogP contribution is 2.28. The number of methoxy groups -OCH3 is 1. The largest absolute Gasteiger partial charge is 0.490 e. The smallest absolute Gasteiger partial charge is 0.411 e. The van der Waals surface area contributed by atoms with Crippen LogP contribution in [0.5, 0.6) is 11.5 Å². The van der Waals surface area contributed by atoms with Crippen LogP contribution in [0.25, 0.3) is 0 Å². The molecule has 0 fully saturated rings. The molecule has 0 aliphatic carbocycles. The predicted molar refractivity (Wildman–Crippen MR) is 139 cm³/mol. The van der Waals surface area contributed by atoms with E-state index >= 15 is 0 Å². The second-order valence-corrected chi connectivity index (χ2v) is 6.56. The second-order valence-electron chi connectivity index (χ2n) is 6.56. The number of aliphatic imine (C=N–C) groups is 1. The molecule has 8 nitrogen and oxygen atoms in total. The summed E-state index contributed by atoms with van der Waals surface area (Å²) in [7, 11) is 3.07. The van der Waals surface area contributed by atoms with Crippen LogP contribution >= 0.6 is 24.0 Å². The summed E-state index contributed by atoms with van der Waals surface area (Å²) in [4.78, 5) is 15.5. The zero-order valence-corrected chi connectivity index (χ0v) is 21.4. The molecule has 1 amide bonds. The van der Waals surface area contributed by atoms with Gasteiger partial charge in [0.1, 0.15) is 0 Å². The topological polar surface area (TPSA) is 93.2 Å². The van der Waals surface area contributed by atoms with Crippen LogP contribution in [0.4, 0.5) is 10.5 Å². The van der Waals surface area contributed by atoms with E-state index in [0.29, 0.717) is 31.4 Å². The van der Waals surface area contributed by atoms with Gasteiger partial charge in [0, 0.05) is 25.8 Å². The Balaban J connectivity index is 0.00000512. The molecule has 0 aliphatic heterocycles. The zero-order chi connectivity index (χ0) is 22.5. The van der Waals surface area contributed by atoms with E-state index in [4.69, 9.17) is 9.47 Å². The van der Waals surface area contributed by atoms with Crippen molar-refractivity contribution in [2.24, 2.45) is 4.99 Å². The lowest BCUT2D eigenvalue weighted by molar-refractivity contribution is 0.187. The van der Waals surface area contributed by atoms with Crippen molar-refractivity contribution in [1.82, 2.24) is 10.6 Å². The SMILES string of the molecule is CCOc1ccc(CCNC(=NC)NCc2ccc(NC(=O)OC)cc2)cc1OCC.I. The normalized spacial score (nSPS) is 10.6. The Morgan fingerprint density at radius 1 is 0.938 bits per heavy atom. The number of anilines is 1. The Hall–Kier alpha value is -2.69. The lowest BCUT2D eigenvalue weighted by Crippen LogP contribution is -2.37. The molecule has 2 aromatic carbocycles. The van der Waals surface area contributed by atoms with Crippen LogP contribution in [-0.2, 0) is 17.7 Å². The molecule has 2 rings (SSSR count). The van der Waals surface area contributed by atoms with Gasteiger partial charge in [0.2, 0.25) is 0 Å². The Morgan fingerprint density at radius 3 is 2.22 bits per heavy atom. The molecule has 0 radical (unpaired) electrons. The highest BCUT2D eigenvalue weighted by molar-refractivity contribution is 14.0. The number of rotatable bonds is 10. The first-order valence-corrected chi connectivity index (χ1v) is 10.4. The van der Waals surface area contributed by atoms with Crippen molar-refractivity contribution in [2.75, 3.05) is 39.2 Å². The Morgan fingerprint density at radius 2 is 1.59 bits per heavy atom. The fourth-order valence-corrected chi connectivity index (χ4v) is 2.86. The van der Waals surface area contributed by atoms with Crippen LogP contribution < -0.4 is 25.4 Å². The number of halogens is 1. The molecule has 0 heterocycles. The fraction of sp³-hybridized carbons (Fsp3) is 0.391. The molecule has 3 N–H and O–H groups in total. The maximum absolute atomic E-state index is 11.2. The van der Waals surface area contributed by atoms with Crippen molar-refractivity contribution in [3.05, 3.63) is 53.6 Å². The van der Waals surface area contributed by atoms with E-state index in [1.807, 2.05) is 50.2 Å². The van der Waals surface area contributed by atoms with Gasteiger partial charge in [-0.3, -0.25) is 10.3 Å². The molecule has 2 aromatic rings. The molecule has 0 aliphatic rings. The lowest BCUT2D eigenvalue weighted by Gasteiger charge is -2.14. The summed E-state index contributed by atoms with van der Waals surface area (Å²) in [5, 5.41) is 9.23. The fourth-order valence-electron chi connectivity index (χ4n) is 2.86. The van der Waals surface area contributed by atoms with Crippen LogP contribution in [0.15, 0.2) is 47.5 Å². The van der Waals surface area contributed by atoms with E-state index in [1.54, 1.807) is 7.05 Å². The number of carbonyl (C=O) groups is 1. The molecule has 9 heteroatoms. The molecule has 176 valence electrons. The van der Waals surface area contributed by atoms with Gasteiger partial charge in [-0.1, -0.05) is 18.2 Å². The van der Waals surface area contributed by atoms with Gasteiger partial charge in [0.05, 0.1) is 20.3 Å². The first-order valence-electron chi connectivity index (χ1n) is 10.4. The summed E-state index contributed by atoms with van der Waals surface area (Å²) in [5.74, 6) is 2.26. The van der Waals surface area contributed by atoms with Gasteiger partial charge in [-0.2, -0.15) is 0 Å². The van der Waals surface area contributed by atoms with Gasteiger partial charge in [-0.25, -0.2) is 4.79 Å². The number of ether oxygens (including phenoxy) is 3. The molecule has 0 saturated heterocycles. The van der Waals surface area contributed by atoms with Gasteiger partial charge in [-0.15, -0.1) is 24.0 Å². The molecule has 0 spiro atoms. The molecular formula is C23H33IN4O4. The summed E-state index contributed by atoms with van der Waals surface area (Å²) in [6.07, 6.45) is 0.331. The number of carbonyl (C=O) groups excluding carboxylic acids is 1. The van der Waals surface area contributed by atoms with Crippen molar-refractivity contribution in [3.63, 3.8) is 0 Å².